The summed E-state index contributed by atoms with van der Waals surface area (Å²) in [5.41, 5.74) is 4.12. The molecule has 2 aromatic carbocycles. The van der Waals surface area contributed by atoms with Crippen molar-refractivity contribution in [2.45, 2.75) is 25.2 Å². The Balaban J connectivity index is 1.45. The lowest BCUT2D eigenvalue weighted by molar-refractivity contribution is -0.119. The molecule has 1 aliphatic heterocycles. The van der Waals surface area contributed by atoms with Gasteiger partial charge in [0, 0.05) is 30.8 Å². The number of rotatable bonds is 3. The Labute approximate surface area is 141 Å². The maximum atomic E-state index is 12.5. The van der Waals surface area contributed by atoms with Crippen LogP contribution in [0.4, 0.5) is 11.4 Å². The number of nitrogens with zero attached hydrogens (tertiary/aromatic N) is 1. The molecule has 1 N–H and O–H groups in total. The molecule has 0 saturated heterocycles. The second-order valence-electron chi connectivity index (χ2n) is 6.64. The van der Waals surface area contributed by atoms with E-state index in [0.717, 1.165) is 29.8 Å². The lowest BCUT2D eigenvalue weighted by Gasteiger charge is -2.26. The van der Waals surface area contributed by atoms with Crippen LogP contribution in [0.25, 0.3) is 0 Å². The summed E-state index contributed by atoms with van der Waals surface area (Å²) in [7, 11) is 1.80. The van der Waals surface area contributed by atoms with Gasteiger partial charge in [-0.1, -0.05) is 30.3 Å². The number of carbonyl (C=O) groups is 2. The summed E-state index contributed by atoms with van der Waals surface area (Å²) in [6.45, 7) is 0. The van der Waals surface area contributed by atoms with Crippen molar-refractivity contribution in [1.82, 2.24) is 0 Å². The SMILES string of the molecule is CN1C(=O)CCc2cc(NC(=O)[C@H]3C[C@@H]3c3ccccc3)ccc21. The standard InChI is InChI=1S/C20H20N2O2/c1-22-18-9-8-15(11-14(18)7-10-19(22)23)21-20(24)17-12-16(17)13-5-3-2-4-6-13/h2-6,8-9,11,16-17H,7,10,12H2,1H3,(H,21,24)/t16-,17+/m1/s1. The Morgan fingerprint density at radius 2 is 1.92 bits per heavy atom. The summed E-state index contributed by atoms with van der Waals surface area (Å²) in [5, 5.41) is 3.04. The highest BCUT2D eigenvalue weighted by molar-refractivity contribution is 5.98. The molecular formula is C20H20N2O2. The zero-order valence-corrected chi connectivity index (χ0v) is 13.7. The largest absolute Gasteiger partial charge is 0.326 e. The normalized spacial score (nSPS) is 22.0. The van der Waals surface area contributed by atoms with Gasteiger partial charge < -0.3 is 10.2 Å². The van der Waals surface area contributed by atoms with Crippen LogP contribution >= 0.6 is 0 Å². The number of fused-ring (bicyclic) bond motifs is 1. The third-order valence-electron chi connectivity index (χ3n) is 5.05. The molecule has 4 nitrogen and oxygen atoms in total. The molecule has 122 valence electrons. The quantitative estimate of drug-likeness (QED) is 0.943. The van der Waals surface area contributed by atoms with Crippen LogP contribution in [0.3, 0.4) is 0 Å². The molecule has 2 aliphatic rings. The molecule has 1 fully saturated rings. The molecule has 0 spiro atoms. The van der Waals surface area contributed by atoms with Crippen molar-refractivity contribution in [1.29, 1.82) is 0 Å². The number of nitrogens with one attached hydrogen (secondary N) is 1. The number of benzene rings is 2. The molecule has 2 amide bonds. The van der Waals surface area contributed by atoms with E-state index in [2.05, 4.69) is 17.4 Å². The van der Waals surface area contributed by atoms with Gasteiger partial charge in [0.05, 0.1) is 0 Å². The van der Waals surface area contributed by atoms with Crippen LogP contribution in [-0.4, -0.2) is 18.9 Å². The highest BCUT2D eigenvalue weighted by Gasteiger charge is 2.43. The van der Waals surface area contributed by atoms with E-state index < -0.39 is 0 Å². The van der Waals surface area contributed by atoms with Gasteiger partial charge >= 0.3 is 0 Å². The van der Waals surface area contributed by atoms with Crippen LogP contribution in [0.15, 0.2) is 48.5 Å². The molecule has 2 aromatic rings. The summed E-state index contributed by atoms with van der Waals surface area (Å²) in [5.74, 6) is 0.632. The van der Waals surface area contributed by atoms with Crippen molar-refractivity contribution < 1.29 is 9.59 Å². The van der Waals surface area contributed by atoms with Crippen molar-refractivity contribution in [3.63, 3.8) is 0 Å². The Morgan fingerprint density at radius 1 is 1.12 bits per heavy atom. The summed E-state index contributed by atoms with van der Waals surface area (Å²) in [4.78, 5) is 25.9. The lowest BCUT2D eigenvalue weighted by atomic mass is 10.0. The van der Waals surface area contributed by atoms with Crippen LogP contribution in [0.2, 0.25) is 0 Å². The number of hydrogen-bond acceptors (Lipinski definition) is 2. The van der Waals surface area contributed by atoms with E-state index in [1.807, 2.05) is 36.4 Å². The van der Waals surface area contributed by atoms with Gasteiger partial charge in [-0.2, -0.15) is 0 Å². The van der Waals surface area contributed by atoms with E-state index in [1.165, 1.54) is 5.56 Å². The second-order valence-corrected chi connectivity index (χ2v) is 6.64. The minimum Gasteiger partial charge on any atom is -0.326 e. The van der Waals surface area contributed by atoms with Crippen LogP contribution in [0.5, 0.6) is 0 Å². The highest BCUT2D eigenvalue weighted by atomic mass is 16.2. The molecule has 0 aromatic heterocycles. The fraction of sp³-hybridized carbons (Fsp3) is 0.300. The fourth-order valence-electron chi connectivity index (χ4n) is 3.52. The minimum absolute atomic E-state index is 0.0627. The Morgan fingerprint density at radius 3 is 2.71 bits per heavy atom. The minimum atomic E-state index is 0.0627. The van der Waals surface area contributed by atoms with Gasteiger partial charge in [0.15, 0.2) is 0 Å². The fourth-order valence-corrected chi connectivity index (χ4v) is 3.52. The van der Waals surface area contributed by atoms with E-state index >= 15 is 0 Å². The average molecular weight is 320 g/mol. The molecule has 1 aliphatic carbocycles. The van der Waals surface area contributed by atoms with Gasteiger partial charge in [0.2, 0.25) is 11.8 Å². The van der Waals surface area contributed by atoms with Crippen molar-refractivity contribution in [3.8, 4) is 0 Å². The van der Waals surface area contributed by atoms with E-state index in [4.69, 9.17) is 0 Å². The predicted molar refractivity (Wildman–Crippen MR) is 94.1 cm³/mol. The van der Waals surface area contributed by atoms with Crippen LogP contribution in [-0.2, 0) is 16.0 Å². The molecular weight excluding hydrogens is 300 g/mol. The monoisotopic (exact) mass is 320 g/mol. The van der Waals surface area contributed by atoms with Gasteiger partial charge in [0.25, 0.3) is 0 Å². The van der Waals surface area contributed by atoms with Gasteiger partial charge in [-0.3, -0.25) is 9.59 Å². The second kappa shape index (κ2) is 5.78. The zero-order chi connectivity index (χ0) is 16.7. The topological polar surface area (TPSA) is 49.4 Å². The number of carbonyl (C=O) groups excluding carboxylic acids is 2. The van der Waals surface area contributed by atoms with E-state index in [-0.39, 0.29) is 17.7 Å². The Kier molecular flexibility index (Phi) is 3.60. The average Bonchev–Trinajstić information content (AvgIpc) is 3.40. The number of amides is 2. The maximum absolute atomic E-state index is 12.5. The first-order valence-electron chi connectivity index (χ1n) is 8.39. The van der Waals surface area contributed by atoms with Crippen molar-refractivity contribution in [3.05, 3.63) is 59.7 Å². The third-order valence-corrected chi connectivity index (χ3v) is 5.05. The van der Waals surface area contributed by atoms with Gasteiger partial charge in [-0.15, -0.1) is 0 Å². The highest BCUT2D eigenvalue weighted by Crippen LogP contribution is 2.48. The molecule has 0 radical (unpaired) electrons. The van der Waals surface area contributed by atoms with Gasteiger partial charge in [0.1, 0.15) is 0 Å². The molecule has 4 rings (SSSR count). The molecule has 0 bridgehead atoms. The molecule has 0 unspecified atom stereocenters. The number of anilines is 2. The predicted octanol–water partition coefficient (Wildman–Crippen LogP) is 3.34. The van der Waals surface area contributed by atoms with E-state index in [1.54, 1.807) is 11.9 Å². The van der Waals surface area contributed by atoms with E-state index in [0.29, 0.717) is 12.3 Å². The molecule has 1 saturated carbocycles. The lowest BCUT2D eigenvalue weighted by Crippen LogP contribution is -2.31. The summed E-state index contributed by atoms with van der Waals surface area (Å²) >= 11 is 0. The Hall–Kier alpha value is -2.62. The molecule has 1 heterocycles. The first kappa shape index (κ1) is 14.9. The van der Waals surface area contributed by atoms with Crippen LogP contribution in [0.1, 0.15) is 29.9 Å². The summed E-state index contributed by atoms with van der Waals surface area (Å²) in [6, 6.07) is 16.0. The van der Waals surface area contributed by atoms with Crippen molar-refractivity contribution in [2.24, 2.45) is 5.92 Å². The first-order chi connectivity index (χ1) is 11.6. The molecule has 4 heteroatoms. The van der Waals surface area contributed by atoms with Gasteiger partial charge in [-0.05, 0) is 48.1 Å². The van der Waals surface area contributed by atoms with E-state index in [9.17, 15) is 9.59 Å². The summed E-state index contributed by atoms with van der Waals surface area (Å²) in [6.07, 6.45) is 2.18. The molecule has 24 heavy (non-hydrogen) atoms. The third kappa shape index (κ3) is 2.68. The molecule has 2 atom stereocenters. The Bertz CT molecular complexity index is 801. The number of hydrogen-bond donors (Lipinski definition) is 1. The van der Waals surface area contributed by atoms with Crippen LogP contribution in [0, 0.1) is 5.92 Å². The zero-order valence-electron chi connectivity index (χ0n) is 13.7. The smallest absolute Gasteiger partial charge is 0.228 e. The van der Waals surface area contributed by atoms with Gasteiger partial charge in [-0.25, -0.2) is 0 Å². The van der Waals surface area contributed by atoms with Crippen molar-refractivity contribution in [2.75, 3.05) is 17.3 Å². The maximum Gasteiger partial charge on any atom is 0.228 e. The van der Waals surface area contributed by atoms with Crippen LogP contribution < -0.4 is 10.2 Å². The summed E-state index contributed by atoms with van der Waals surface area (Å²) < 4.78 is 0. The van der Waals surface area contributed by atoms with Crippen molar-refractivity contribution >= 4 is 23.2 Å². The number of aryl methyl sites for hydroxylation is 1. The first-order valence-corrected chi connectivity index (χ1v) is 8.39.